The average Bonchev–Trinajstić information content (AvgIpc) is 2.86. The molecule has 1 aliphatic rings. The summed E-state index contributed by atoms with van der Waals surface area (Å²) in [5.41, 5.74) is 12.1. The van der Waals surface area contributed by atoms with Crippen LogP contribution in [0.3, 0.4) is 0 Å². The van der Waals surface area contributed by atoms with E-state index in [4.69, 9.17) is 25.7 Å². The summed E-state index contributed by atoms with van der Waals surface area (Å²) in [7, 11) is 3.66. The molecule has 10 heteroatoms. The molecule has 34 heavy (non-hydrogen) atoms. The first-order valence-corrected chi connectivity index (χ1v) is 9.94. The number of allylic oxidation sites excluding steroid dienone is 1. The van der Waals surface area contributed by atoms with Crippen molar-refractivity contribution in [2.75, 3.05) is 26.2 Å². The highest BCUT2D eigenvalue weighted by molar-refractivity contribution is 6.07. The molecule has 1 amide bonds. The van der Waals surface area contributed by atoms with Crippen molar-refractivity contribution in [1.82, 2.24) is 0 Å². The van der Waals surface area contributed by atoms with Gasteiger partial charge in [-0.25, -0.2) is 9.59 Å². The molecule has 0 saturated carbocycles. The van der Waals surface area contributed by atoms with E-state index < -0.39 is 23.8 Å². The van der Waals surface area contributed by atoms with Crippen LogP contribution in [0.4, 0.5) is 5.69 Å². The SMILES string of the molecule is COC(=O)C1=C(C(=O)OC)N(c2cc(C(N)=O)ccc2OC)C(N)=C(C#N)C1c1ccccc1. The van der Waals surface area contributed by atoms with Gasteiger partial charge in [0.1, 0.15) is 17.3 Å². The Balaban J connectivity index is 2.48. The van der Waals surface area contributed by atoms with E-state index in [2.05, 4.69) is 0 Å². The molecule has 0 aromatic heterocycles. The van der Waals surface area contributed by atoms with Gasteiger partial charge in [-0.1, -0.05) is 30.3 Å². The second-order valence-electron chi connectivity index (χ2n) is 7.09. The van der Waals surface area contributed by atoms with E-state index in [1.54, 1.807) is 30.3 Å². The molecule has 174 valence electrons. The molecule has 2 aromatic rings. The first-order chi connectivity index (χ1) is 16.3. The third-order valence-corrected chi connectivity index (χ3v) is 5.31. The minimum absolute atomic E-state index is 0.0224. The van der Waals surface area contributed by atoms with Crippen molar-refractivity contribution in [2.24, 2.45) is 11.5 Å². The standard InChI is InChI=1S/C24H22N4O6/c1-32-17-10-9-14(22(27)29)11-16(17)28-20(24(31)34-3)19(23(30)33-2)18(15(12-25)21(28)26)13-7-5-4-6-8-13/h4-11,18H,26H2,1-3H3,(H2,27,29). The minimum atomic E-state index is -1.02. The number of hydrogen-bond donors (Lipinski definition) is 2. The number of carbonyl (C=O) groups is 3. The van der Waals surface area contributed by atoms with Crippen molar-refractivity contribution in [1.29, 1.82) is 5.26 Å². The highest BCUT2D eigenvalue weighted by Crippen LogP contribution is 2.45. The van der Waals surface area contributed by atoms with Crippen LogP contribution >= 0.6 is 0 Å². The van der Waals surface area contributed by atoms with Crippen LogP contribution in [0.1, 0.15) is 21.8 Å². The molecule has 1 unspecified atom stereocenters. The Kier molecular flexibility index (Phi) is 6.87. The number of primary amides is 1. The van der Waals surface area contributed by atoms with E-state index >= 15 is 0 Å². The van der Waals surface area contributed by atoms with Crippen molar-refractivity contribution >= 4 is 23.5 Å². The predicted octanol–water partition coefficient (Wildman–Crippen LogP) is 1.69. The first-order valence-electron chi connectivity index (χ1n) is 9.94. The number of rotatable bonds is 6. The number of amides is 1. The highest BCUT2D eigenvalue weighted by atomic mass is 16.5. The van der Waals surface area contributed by atoms with E-state index in [9.17, 15) is 19.6 Å². The van der Waals surface area contributed by atoms with Gasteiger partial charge in [0.15, 0.2) is 0 Å². The lowest BCUT2D eigenvalue weighted by Gasteiger charge is -2.36. The number of benzene rings is 2. The van der Waals surface area contributed by atoms with E-state index in [1.165, 1.54) is 25.3 Å². The van der Waals surface area contributed by atoms with Gasteiger partial charge in [0, 0.05) is 5.56 Å². The largest absolute Gasteiger partial charge is 0.495 e. The lowest BCUT2D eigenvalue weighted by atomic mass is 9.81. The molecule has 2 aromatic carbocycles. The number of ether oxygens (including phenoxy) is 3. The van der Waals surface area contributed by atoms with Gasteiger partial charge in [0.2, 0.25) is 5.91 Å². The van der Waals surface area contributed by atoms with Crippen LogP contribution < -0.4 is 21.1 Å². The molecule has 1 aliphatic heterocycles. The molecular formula is C24H22N4O6. The summed E-state index contributed by atoms with van der Waals surface area (Å²) in [4.78, 5) is 39.2. The zero-order valence-electron chi connectivity index (χ0n) is 18.7. The molecule has 4 N–H and O–H groups in total. The van der Waals surface area contributed by atoms with Crippen LogP contribution in [0.25, 0.3) is 0 Å². The molecule has 0 fully saturated rings. The van der Waals surface area contributed by atoms with Crippen molar-refractivity contribution < 1.29 is 28.6 Å². The maximum Gasteiger partial charge on any atom is 0.355 e. The van der Waals surface area contributed by atoms with Crippen LogP contribution in [0.2, 0.25) is 0 Å². The van der Waals surface area contributed by atoms with Gasteiger partial charge in [0.25, 0.3) is 0 Å². The molecule has 10 nitrogen and oxygen atoms in total. The van der Waals surface area contributed by atoms with Gasteiger partial charge >= 0.3 is 11.9 Å². The maximum absolute atomic E-state index is 13.1. The Hall–Kier alpha value is -4.78. The molecule has 0 bridgehead atoms. The second-order valence-corrected chi connectivity index (χ2v) is 7.09. The fourth-order valence-corrected chi connectivity index (χ4v) is 3.78. The number of nitrogens with zero attached hydrogens (tertiary/aromatic N) is 2. The van der Waals surface area contributed by atoms with Gasteiger partial charge in [-0.05, 0) is 23.8 Å². The molecule has 3 rings (SSSR count). The number of carbonyl (C=O) groups excluding carboxylic acids is 3. The Labute approximate surface area is 195 Å². The zero-order chi connectivity index (χ0) is 25.0. The monoisotopic (exact) mass is 462 g/mol. The molecule has 0 radical (unpaired) electrons. The van der Waals surface area contributed by atoms with Gasteiger partial charge in [-0.3, -0.25) is 9.69 Å². The lowest BCUT2D eigenvalue weighted by molar-refractivity contribution is -0.139. The van der Waals surface area contributed by atoms with Gasteiger partial charge in [-0.2, -0.15) is 5.26 Å². The van der Waals surface area contributed by atoms with Crippen LogP contribution in [-0.4, -0.2) is 39.2 Å². The van der Waals surface area contributed by atoms with Crippen LogP contribution in [0.15, 0.2) is 71.2 Å². The highest BCUT2D eigenvalue weighted by Gasteiger charge is 2.43. The van der Waals surface area contributed by atoms with Crippen molar-refractivity contribution in [3.63, 3.8) is 0 Å². The third-order valence-electron chi connectivity index (χ3n) is 5.31. The Morgan fingerprint density at radius 3 is 2.18 bits per heavy atom. The minimum Gasteiger partial charge on any atom is -0.495 e. The molecule has 0 saturated heterocycles. The number of esters is 2. The van der Waals surface area contributed by atoms with Gasteiger partial charge < -0.3 is 25.7 Å². The maximum atomic E-state index is 13.1. The topological polar surface area (TPSA) is 158 Å². The second kappa shape index (κ2) is 9.79. The summed E-state index contributed by atoms with van der Waals surface area (Å²) in [6, 6.07) is 14.9. The van der Waals surface area contributed by atoms with E-state index in [0.717, 1.165) is 19.1 Å². The first kappa shape index (κ1) is 23.9. The molecule has 0 spiro atoms. The number of nitriles is 1. The summed E-state index contributed by atoms with van der Waals surface area (Å²) in [6.45, 7) is 0. The molecule has 1 heterocycles. The smallest absolute Gasteiger partial charge is 0.355 e. The normalized spacial score (nSPS) is 15.5. The van der Waals surface area contributed by atoms with E-state index in [1.807, 2.05) is 6.07 Å². The van der Waals surface area contributed by atoms with Crippen molar-refractivity contribution in [3.05, 3.63) is 82.3 Å². The summed E-state index contributed by atoms with van der Waals surface area (Å²) < 4.78 is 15.4. The van der Waals surface area contributed by atoms with Crippen LogP contribution in [0, 0.1) is 11.3 Å². The number of methoxy groups -OCH3 is 3. The van der Waals surface area contributed by atoms with Gasteiger partial charge in [-0.15, -0.1) is 0 Å². The fourth-order valence-electron chi connectivity index (χ4n) is 3.78. The lowest BCUT2D eigenvalue weighted by Crippen LogP contribution is -2.41. The molecule has 0 aliphatic carbocycles. The quantitative estimate of drug-likeness (QED) is 0.609. The van der Waals surface area contributed by atoms with Crippen LogP contribution in [-0.2, 0) is 19.1 Å². The summed E-state index contributed by atoms with van der Waals surface area (Å²) in [5.74, 6) is -3.53. The van der Waals surface area contributed by atoms with Crippen molar-refractivity contribution in [3.8, 4) is 11.8 Å². The Morgan fingerprint density at radius 1 is 1.00 bits per heavy atom. The zero-order valence-corrected chi connectivity index (χ0v) is 18.7. The van der Waals surface area contributed by atoms with Gasteiger partial charge in [0.05, 0.1) is 50.2 Å². The summed E-state index contributed by atoms with van der Waals surface area (Å²) in [5, 5.41) is 10.1. The van der Waals surface area contributed by atoms with Crippen molar-refractivity contribution in [2.45, 2.75) is 5.92 Å². The van der Waals surface area contributed by atoms with Crippen LogP contribution in [0.5, 0.6) is 5.75 Å². The number of anilines is 1. The van der Waals surface area contributed by atoms with E-state index in [-0.39, 0.29) is 39.7 Å². The predicted molar refractivity (Wildman–Crippen MR) is 121 cm³/mol. The van der Waals surface area contributed by atoms with E-state index in [0.29, 0.717) is 5.56 Å². The Bertz CT molecular complexity index is 1260. The molecule has 1 atom stereocenters. The molecular weight excluding hydrogens is 440 g/mol. The fraction of sp³-hybridized carbons (Fsp3) is 0.167. The number of nitrogens with two attached hydrogens (primary N) is 2. The Morgan fingerprint density at radius 2 is 1.65 bits per heavy atom. The summed E-state index contributed by atoms with van der Waals surface area (Å²) in [6.07, 6.45) is 0. The summed E-state index contributed by atoms with van der Waals surface area (Å²) >= 11 is 0. The third kappa shape index (κ3) is 4.02. The average molecular weight is 462 g/mol. The number of hydrogen-bond acceptors (Lipinski definition) is 9.